The molecule has 2 aromatic rings. The average Bonchev–Trinajstić information content (AvgIpc) is 2.79. The van der Waals surface area contributed by atoms with Crippen LogP contribution in [0.4, 0.5) is 5.69 Å². The number of nitrogens with zero attached hydrogens (tertiary/aromatic N) is 1. The van der Waals surface area contributed by atoms with Crippen LogP contribution in [0.2, 0.25) is 8.67 Å². The normalized spacial score (nSPS) is 11.4. The van der Waals surface area contributed by atoms with Gasteiger partial charge in [-0.05, 0) is 18.2 Å². The van der Waals surface area contributed by atoms with E-state index < -0.39 is 15.9 Å². The summed E-state index contributed by atoms with van der Waals surface area (Å²) in [7, 11) is -3.94. The molecule has 22 heavy (non-hydrogen) atoms. The van der Waals surface area contributed by atoms with E-state index in [1.54, 1.807) is 30.3 Å². The van der Waals surface area contributed by atoms with E-state index in [1.165, 1.54) is 6.07 Å². The number of para-hydroxylation sites is 1. The quantitative estimate of drug-likeness (QED) is 0.837. The Labute approximate surface area is 142 Å². The van der Waals surface area contributed by atoms with Gasteiger partial charge in [0.05, 0.1) is 10.0 Å². The van der Waals surface area contributed by atoms with Crippen molar-refractivity contribution in [1.29, 1.82) is 0 Å². The number of carbonyl (C=O) groups excluding carboxylic acids is 1. The zero-order chi connectivity index (χ0) is 16.3. The van der Waals surface area contributed by atoms with Crippen LogP contribution in [0.1, 0.15) is 6.42 Å². The highest BCUT2D eigenvalue weighted by atomic mass is 35.5. The number of nitrogens with two attached hydrogens (primary N) is 1. The number of rotatable bonds is 6. The summed E-state index contributed by atoms with van der Waals surface area (Å²) in [4.78, 5) is 10.9. The smallest absolute Gasteiger partial charge is 0.266 e. The molecule has 0 spiro atoms. The minimum atomic E-state index is -3.94. The van der Waals surface area contributed by atoms with Gasteiger partial charge in [0.1, 0.15) is 9.23 Å². The van der Waals surface area contributed by atoms with Crippen molar-refractivity contribution in [1.82, 2.24) is 0 Å². The SMILES string of the molecule is NC(=O)CCN(c1ccccc1)S(=O)(=O)c1cc(Cl)sc1Cl. The topological polar surface area (TPSA) is 80.5 Å². The van der Waals surface area contributed by atoms with Crippen molar-refractivity contribution in [3.63, 3.8) is 0 Å². The molecular formula is C13H12Cl2N2O3S2. The molecule has 0 saturated heterocycles. The van der Waals surface area contributed by atoms with E-state index in [0.717, 1.165) is 15.6 Å². The first-order valence-corrected chi connectivity index (χ1v) is 9.14. The number of amides is 1. The van der Waals surface area contributed by atoms with Crippen molar-refractivity contribution >= 4 is 56.2 Å². The van der Waals surface area contributed by atoms with Crippen LogP contribution in [0.25, 0.3) is 0 Å². The highest BCUT2D eigenvalue weighted by molar-refractivity contribution is 7.93. The minimum Gasteiger partial charge on any atom is -0.370 e. The molecule has 0 aliphatic rings. The Morgan fingerprint density at radius 1 is 1.23 bits per heavy atom. The first-order valence-electron chi connectivity index (χ1n) is 6.13. The van der Waals surface area contributed by atoms with Crippen LogP contribution >= 0.6 is 34.5 Å². The molecule has 1 aromatic carbocycles. The van der Waals surface area contributed by atoms with E-state index in [2.05, 4.69) is 0 Å². The molecule has 0 atom stereocenters. The summed E-state index contributed by atoms with van der Waals surface area (Å²) < 4.78 is 27.1. The van der Waals surface area contributed by atoms with Crippen molar-refractivity contribution in [2.75, 3.05) is 10.8 Å². The second kappa shape index (κ2) is 6.87. The summed E-state index contributed by atoms with van der Waals surface area (Å²) in [6.45, 7) is -0.0779. The molecule has 0 radical (unpaired) electrons. The molecular weight excluding hydrogens is 367 g/mol. The Bertz CT molecular complexity index is 776. The van der Waals surface area contributed by atoms with Crippen LogP contribution in [-0.4, -0.2) is 20.9 Å². The van der Waals surface area contributed by atoms with Gasteiger partial charge in [0, 0.05) is 13.0 Å². The molecule has 2 rings (SSSR count). The second-order valence-corrected chi connectivity index (χ2v) is 8.43. The number of primary amides is 1. The maximum Gasteiger partial charge on any atom is 0.266 e. The molecule has 1 amide bonds. The summed E-state index contributed by atoms with van der Waals surface area (Å²) in [5.74, 6) is -0.592. The van der Waals surface area contributed by atoms with Gasteiger partial charge in [0.15, 0.2) is 0 Å². The summed E-state index contributed by atoms with van der Waals surface area (Å²) in [6.07, 6.45) is -0.108. The van der Waals surface area contributed by atoms with Crippen molar-refractivity contribution in [3.05, 3.63) is 45.1 Å². The Hall–Kier alpha value is -1.28. The van der Waals surface area contributed by atoms with Gasteiger partial charge in [-0.1, -0.05) is 41.4 Å². The van der Waals surface area contributed by atoms with Gasteiger partial charge in [-0.25, -0.2) is 8.42 Å². The molecule has 1 heterocycles. The summed E-state index contributed by atoms with van der Waals surface area (Å²) in [6, 6.07) is 9.70. The van der Waals surface area contributed by atoms with E-state index >= 15 is 0 Å². The molecule has 2 N–H and O–H groups in total. The molecule has 0 aliphatic carbocycles. The zero-order valence-electron chi connectivity index (χ0n) is 11.2. The van der Waals surface area contributed by atoms with E-state index in [1.807, 2.05) is 0 Å². The molecule has 0 fully saturated rings. The molecule has 5 nitrogen and oxygen atoms in total. The predicted molar refractivity (Wildman–Crippen MR) is 89.1 cm³/mol. The van der Waals surface area contributed by atoms with Gasteiger partial charge in [-0.3, -0.25) is 9.10 Å². The summed E-state index contributed by atoms with van der Waals surface area (Å²) >= 11 is 12.8. The van der Waals surface area contributed by atoms with E-state index in [-0.39, 0.29) is 26.5 Å². The van der Waals surface area contributed by atoms with Crippen molar-refractivity contribution in [2.24, 2.45) is 5.73 Å². The number of thiophene rings is 1. The standard InChI is InChI=1S/C13H12Cl2N2O3S2/c14-11-8-10(13(15)21-11)22(19,20)17(7-6-12(16)18)9-4-2-1-3-5-9/h1-5,8H,6-7H2,(H2,16,18). The van der Waals surface area contributed by atoms with Gasteiger partial charge in [-0.15, -0.1) is 11.3 Å². The number of halogens is 2. The van der Waals surface area contributed by atoms with Crippen molar-refractivity contribution in [3.8, 4) is 0 Å². The second-order valence-electron chi connectivity index (χ2n) is 4.32. The van der Waals surface area contributed by atoms with Crippen LogP contribution in [0.5, 0.6) is 0 Å². The number of hydrogen-bond donors (Lipinski definition) is 1. The van der Waals surface area contributed by atoms with Crippen LogP contribution in [-0.2, 0) is 14.8 Å². The lowest BCUT2D eigenvalue weighted by Crippen LogP contribution is -2.34. The highest BCUT2D eigenvalue weighted by Gasteiger charge is 2.29. The first-order chi connectivity index (χ1) is 10.3. The van der Waals surface area contributed by atoms with Gasteiger partial charge in [0.2, 0.25) is 5.91 Å². The Kier molecular flexibility index (Phi) is 5.33. The van der Waals surface area contributed by atoms with Crippen LogP contribution < -0.4 is 10.0 Å². The fourth-order valence-corrected chi connectivity index (χ4v) is 5.39. The molecule has 9 heteroatoms. The number of sulfonamides is 1. The maximum absolute atomic E-state index is 12.8. The Balaban J connectivity index is 2.48. The Morgan fingerprint density at radius 2 is 1.86 bits per heavy atom. The van der Waals surface area contributed by atoms with Crippen molar-refractivity contribution < 1.29 is 13.2 Å². The van der Waals surface area contributed by atoms with E-state index in [0.29, 0.717) is 5.69 Å². The lowest BCUT2D eigenvalue weighted by molar-refractivity contribution is -0.117. The molecule has 1 aromatic heterocycles. The predicted octanol–water partition coefficient (Wildman–Crippen LogP) is 3.13. The fourth-order valence-electron chi connectivity index (χ4n) is 1.81. The summed E-state index contributed by atoms with van der Waals surface area (Å²) in [5.41, 5.74) is 5.55. The number of benzene rings is 1. The Morgan fingerprint density at radius 3 is 2.36 bits per heavy atom. The lowest BCUT2D eigenvalue weighted by atomic mass is 10.3. The van der Waals surface area contributed by atoms with Gasteiger partial charge >= 0.3 is 0 Å². The zero-order valence-corrected chi connectivity index (χ0v) is 14.3. The van der Waals surface area contributed by atoms with Gasteiger partial charge < -0.3 is 5.73 Å². The number of carbonyl (C=O) groups is 1. The average molecular weight is 379 g/mol. The van der Waals surface area contributed by atoms with Gasteiger partial charge in [0.25, 0.3) is 10.0 Å². The summed E-state index contributed by atoms with van der Waals surface area (Å²) in [5, 5.41) is 0. The largest absolute Gasteiger partial charge is 0.370 e. The van der Waals surface area contributed by atoms with Crippen LogP contribution in [0, 0.1) is 0 Å². The van der Waals surface area contributed by atoms with Crippen LogP contribution in [0.3, 0.4) is 0 Å². The first kappa shape index (κ1) is 17.1. The number of hydrogen-bond acceptors (Lipinski definition) is 4. The molecule has 0 aliphatic heterocycles. The van der Waals surface area contributed by atoms with Crippen LogP contribution in [0.15, 0.2) is 41.3 Å². The van der Waals surface area contributed by atoms with E-state index in [4.69, 9.17) is 28.9 Å². The third-order valence-electron chi connectivity index (χ3n) is 2.80. The van der Waals surface area contributed by atoms with E-state index in [9.17, 15) is 13.2 Å². The van der Waals surface area contributed by atoms with Crippen molar-refractivity contribution in [2.45, 2.75) is 11.3 Å². The fraction of sp³-hybridized carbons (Fsp3) is 0.154. The van der Waals surface area contributed by atoms with Gasteiger partial charge in [-0.2, -0.15) is 0 Å². The molecule has 0 unspecified atom stereocenters. The monoisotopic (exact) mass is 378 g/mol. The lowest BCUT2D eigenvalue weighted by Gasteiger charge is -2.23. The third-order valence-corrected chi connectivity index (χ3v) is 6.38. The third kappa shape index (κ3) is 3.73. The molecule has 0 saturated carbocycles. The minimum absolute atomic E-state index is 0.0741. The molecule has 0 bridgehead atoms. The number of anilines is 1. The molecule has 118 valence electrons. The maximum atomic E-state index is 12.8. The highest BCUT2D eigenvalue weighted by Crippen LogP contribution is 2.37.